The van der Waals surface area contributed by atoms with Gasteiger partial charge < -0.3 is 9.47 Å². The largest absolute Gasteiger partial charge is 0.496 e. The second kappa shape index (κ2) is 6.47. The zero-order chi connectivity index (χ0) is 15.7. The molecular formula is C18H16Br2O2. The van der Waals surface area contributed by atoms with Crippen molar-refractivity contribution in [2.75, 3.05) is 14.2 Å². The molecule has 2 unspecified atom stereocenters. The molecule has 0 amide bonds. The predicted octanol–water partition coefficient (Wildman–Crippen LogP) is 5.76. The second-order valence-corrected chi connectivity index (χ2v) is 7.04. The molecule has 2 aromatic rings. The first kappa shape index (κ1) is 15.6. The lowest BCUT2D eigenvalue weighted by Crippen LogP contribution is -2.08. The van der Waals surface area contributed by atoms with E-state index in [0.717, 1.165) is 33.8 Å². The van der Waals surface area contributed by atoms with Crippen LogP contribution in [-0.2, 0) is 0 Å². The molecule has 1 aliphatic carbocycles. The van der Waals surface area contributed by atoms with Crippen LogP contribution in [-0.4, -0.2) is 14.2 Å². The minimum absolute atomic E-state index is 0.0682. The number of alkyl halides is 2. The molecule has 0 heterocycles. The summed E-state index contributed by atoms with van der Waals surface area (Å²) >= 11 is 7.69. The summed E-state index contributed by atoms with van der Waals surface area (Å²) in [7, 11) is 3.41. The number of benzene rings is 2. The molecule has 2 nitrogen and oxygen atoms in total. The first-order chi connectivity index (χ1) is 10.7. The predicted molar refractivity (Wildman–Crippen MR) is 98.3 cm³/mol. The van der Waals surface area contributed by atoms with Crippen LogP contribution >= 0.6 is 31.9 Å². The normalized spacial score (nSPS) is 21.1. The van der Waals surface area contributed by atoms with E-state index in [9.17, 15) is 0 Å². The number of fused-ring (bicyclic) bond motifs is 2. The summed E-state index contributed by atoms with van der Waals surface area (Å²) < 4.78 is 11.1. The number of hydrogen-bond acceptors (Lipinski definition) is 2. The molecule has 0 saturated heterocycles. The average molecular weight is 424 g/mol. The molecule has 2 atom stereocenters. The highest BCUT2D eigenvalue weighted by Crippen LogP contribution is 2.51. The molecule has 0 fully saturated rings. The zero-order valence-corrected chi connectivity index (χ0v) is 15.5. The van der Waals surface area contributed by atoms with Crippen molar-refractivity contribution in [1.29, 1.82) is 0 Å². The zero-order valence-electron chi connectivity index (χ0n) is 12.3. The Morgan fingerprint density at radius 2 is 1.14 bits per heavy atom. The molecular weight excluding hydrogens is 408 g/mol. The Kier molecular flexibility index (Phi) is 4.59. The van der Waals surface area contributed by atoms with Crippen molar-refractivity contribution in [3.63, 3.8) is 0 Å². The topological polar surface area (TPSA) is 18.5 Å². The highest BCUT2D eigenvalue weighted by molar-refractivity contribution is 9.12. The fourth-order valence-electron chi connectivity index (χ4n) is 2.83. The second-order valence-electron chi connectivity index (χ2n) is 5.06. The molecule has 3 rings (SSSR count). The molecule has 0 bridgehead atoms. The summed E-state index contributed by atoms with van der Waals surface area (Å²) in [5.74, 6) is 1.76. The lowest BCUT2D eigenvalue weighted by Gasteiger charge is -2.26. The van der Waals surface area contributed by atoms with Crippen molar-refractivity contribution in [3.8, 4) is 11.5 Å². The molecule has 114 valence electrons. The van der Waals surface area contributed by atoms with Crippen molar-refractivity contribution < 1.29 is 9.47 Å². The SMILES string of the molecule is COc1cccc2c1C(Br)C(Br)c1c(cccc1OC)/C=C\2. The molecule has 4 heteroatoms. The van der Waals surface area contributed by atoms with E-state index in [0.29, 0.717) is 0 Å². The summed E-state index contributed by atoms with van der Waals surface area (Å²) in [4.78, 5) is 0.136. The molecule has 0 radical (unpaired) electrons. The molecule has 22 heavy (non-hydrogen) atoms. The van der Waals surface area contributed by atoms with E-state index < -0.39 is 0 Å². The summed E-state index contributed by atoms with van der Waals surface area (Å²) in [5.41, 5.74) is 4.58. The first-order valence-corrected chi connectivity index (χ1v) is 8.80. The Labute approximate surface area is 147 Å². The van der Waals surface area contributed by atoms with Gasteiger partial charge in [0, 0.05) is 11.1 Å². The molecule has 2 aromatic carbocycles. The van der Waals surface area contributed by atoms with E-state index in [1.165, 1.54) is 0 Å². The Balaban J connectivity index is 2.25. The fourth-order valence-corrected chi connectivity index (χ4v) is 4.34. The molecule has 0 N–H and O–H groups in total. The van der Waals surface area contributed by atoms with Crippen molar-refractivity contribution in [3.05, 3.63) is 58.7 Å². The highest BCUT2D eigenvalue weighted by Gasteiger charge is 2.29. The van der Waals surface area contributed by atoms with Gasteiger partial charge in [0.2, 0.25) is 0 Å². The van der Waals surface area contributed by atoms with Crippen molar-refractivity contribution >= 4 is 44.0 Å². The minimum Gasteiger partial charge on any atom is -0.496 e. The fraction of sp³-hybridized carbons (Fsp3) is 0.222. The maximum absolute atomic E-state index is 5.56. The van der Waals surface area contributed by atoms with Crippen molar-refractivity contribution in [1.82, 2.24) is 0 Å². The van der Waals surface area contributed by atoms with Crippen LogP contribution in [0, 0.1) is 0 Å². The molecule has 0 saturated carbocycles. The van der Waals surface area contributed by atoms with Gasteiger partial charge in [0.15, 0.2) is 0 Å². The van der Waals surface area contributed by atoms with Gasteiger partial charge in [-0.3, -0.25) is 0 Å². The number of methoxy groups -OCH3 is 2. The lowest BCUT2D eigenvalue weighted by molar-refractivity contribution is 0.405. The maximum atomic E-state index is 5.56. The standard InChI is InChI=1S/C18H16Br2O2/c1-21-13-7-3-5-11-9-10-12-6-4-8-14(22-2)16(12)18(20)17(19)15(11)13/h3-10,17-18H,1-2H3/b10-9-. The minimum atomic E-state index is 0.0682. The van der Waals surface area contributed by atoms with Gasteiger partial charge in [0.05, 0.1) is 23.9 Å². The van der Waals surface area contributed by atoms with E-state index in [1.807, 2.05) is 24.3 Å². The Bertz CT molecular complexity index is 664. The molecule has 1 aliphatic rings. The van der Waals surface area contributed by atoms with Gasteiger partial charge in [0.25, 0.3) is 0 Å². The molecule has 0 aliphatic heterocycles. The third kappa shape index (κ3) is 2.59. The van der Waals surface area contributed by atoms with E-state index >= 15 is 0 Å². The third-order valence-electron chi connectivity index (χ3n) is 3.89. The average Bonchev–Trinajstić information content (AvgIpc) is 2.56. The van der Waals surface area contributed by atoms with Gasteiger partial charge in [0.1, 0.15) is 11.5 Å². The third-order valence-corrected chi connectivity index (χ3v) is 6.57. The number of rotatable bonds is 2. The van der Waals surface area contributed by atoms with Crippen molar-refractivity contribution in [2.45, 2.75) is 9.65 Å². The van der Waals surface area contributed by atoms with Crippen LogP contribution in [0.3, 0.4) is 0 Å². The summed E-state index contributed by atoms with van der Waals surface area (Å²) in [6.07, 6.45) is 4.26. The Morgan fingerprint density at radius 1 is 0.727 bits per heavy atom. The van der Waals surface area contributed by atoms with Crippen LogP contribution in [0.5, 0.6) is 11.5 Å². The van der Waals surface area contributed by atoms with E-state index in [4.69, 9.17) is 9.47 Å². The van der Waals surface area contributed by atoms with Crippen LogP contribution < -0.4 is 9.47 Å². The number of hydrogen-bond donors (Lipinski definition) is 0. The summed E-state index contributed by atoms with van der Waals surface area (Å²) in [6.45, 7) is 0. The van der Waals surface area contributed by atoms with E-state index in [-0.39, 0.29) is 9.65 Å². The van der Waals surface area contributed by atoms with Crippen LogP contribution in [0.2, 0.25) is 0 Å². The van der Waals surface area contributed by atoms with E-state index in [1.54, 1.807) is 14.2 Å². The summed E-state index contributed by atoms with van der Waals surface area (Å²) in [6, 6.07) is 12.2. The Morgan fingerprint density at radius 3 is 1.50 bits per heavy atom. The smallest absolute Gasteiger partial charge is 0.123 e. The van der Waals surface area contributed by atoms with Gasteiger partial charge >= 0.3 is 0 Å². The van der Waals surface area contributed by atoms with Crippen molar-refractivity contribution in [2.24, 2.45) is 0 Å². The quantitative estimate of drug-likeness (QED) is 0.571. The molecule has 0 spiro atoms. The van der Waals surface area contributed by atoms with Crippen LogP contribution in [0.25, 0.3) is 12.2 Å². The van der Waals surface area contributed by atoms with Gasteiger partial charge in [-0.15, -0.1) is 0 Å². The van der Waals surface area contributed by atoms with Crippen LogP contribution in [0.1, 0.15) is 31.9 Å². The van der Waals surface area contributed by atoms with E-state index in [2.05, 4.69) is 56.1 Å². The number of halogens is 2. The Hall–Kier alpha value is -1.26. The van der Waals surface area contributed by atoms with Gasteiger partial charge in [-0.2, -0.15) is 0 Å². The lowest BCUT2D eigenvalue weighted by atomic mass is 9.92. The summed E-state index contributed by atoms with van der Waals surface area (Å²) in [5, 5.41) is 0. The van der Waals surface area contributed by atoms with Crippen LogP contribution in [0.15, 0.2) is 36.4 Å². The first-order valence-electron chi connectivity index (χ1n) is 6.97. The van der Waals surface area contributed by atoms with Gasteiger partial charge in [-0.25, -0.2) is 0 Å². The maximum Gasteiger partial charge on any atom is 0.123 e. The number of ether oxygens (including phenoxy) is 2. The molecule has 0 aromatic heterocycles. The van der Waals surface area contributed by atoms with Gasteiger partial charge in [-0.1, -0.05) is 68.3 Å². The van der Waals surface area contributed by atoms with Crippen LogP contribution in [0.4, 0.5) is 0 Å². The highest BCUT2D eigenvalue weighted by atomic mass is 79.9. The monoisotopic (exact) mass is 422 g/mol. The van der Waals surface area contributed by atoms with Gasteiger partial charge in [-0.05, 0) is 23.3 Å².